The van der Waals surface area contributed by atoms with Crippen LogP contribution in [0.1, 0.15) is 38.5 Å². The first-order valence-electron chi connectivity index (χ1n) is 17.9. The first-order valence-corrected chi connectivity index (χ1v) is 22.9. The van der Waals surface area contributed by atoms with Gasteiger partial charge < -0.3 is 16.0 Å². The monoisotopic (exact) mass is 823 g/mol. The summed E-state index contributed by atoms with van der Waals surface area (Å²) in [7, 11) is 1.71. The summed E-state index contributed by atoms with van der Waals surface area (Å²) in [5, 5.41) is 9.29. The quantitative estimate of drug-likeness (QED) is 0.153. The molecule has 2 fully saturated rings. The molecule has 2 aliphatic carbocycles. The zero-order chi connectivity index (χ0) is 37.8. The number of fused-ring (bicyclic) bond motifs is 2. The summed E-state index contributed by atoms with van der Waals surface area (Å²) >= 11 is 4.47. The fourth-order valence-electron chi connectivity index (χ4n) is 6.80. The molecule has 0 saturated heterocycles. The Morgan fingerprint density at radius 2 is 1.40 bits per heavy atom. The van der Waals surface area contributed by atoms with E-state index in [1.54, 1.807) is 28.5 Å². The third-order valence-corrected chi connectivity index (χ3v) is 17.6. The SMILES string of the molecule is Cn1cc(-c2cc(-c3ccccc3)c3c(N)c(S(=O)C4CCC4)sc3n2)cn1.Cn1cncc1-c1cc(-c2nccs2)nc2sc(S(=O)C3CCC3)c(N)c12. The van der Waals surface area contributed by atoms with Gasteiger partial charge in [0.2, 0.25) is 0 Å². The van der Waals surface area contributed by atoms with Crippen LogP contribution in [0.4, 0.5) is 11.4 Å². The molecule has 4 N–H and O–H groups in total. The maximum absolute atomic E-state index is 13.0. The lowest BCUT2D eigenvalue weighted by molar-refractivity contribution is 0.505. The largest absolute Gasteiger partial charge is 0.396 e. The molecule has 2 unspecified atom stereocenters. The summed E-state index contributed by atoms with van der Waals surface area (Å²) in [6.07, 6.45) is 15.5. The molecule has 0 spiro atoms. The summed E-state index contributed by atoms with van der Waals surface area (Å²) in [4.78, 5) is 20.0. The van der Waals surface area contributed by atoms with Crippen molar-refractivity contribution in [2.24, 2.45) is 14.1 Å². The Morgan fingerprint density at radius 1 is 0.782 bits per heavy atom. The Bertz CT molecular complexity index is 2720. The van der Waals surface area contributed by atoms with E-state index in [1.807, 2.05) is 66.9 Å². The maximum atomic E-state index is 13.0. The zero-order valence-electron chi connectivity index (χ0n) is 30.0. The van der Waals surface area contributed by atoms with Crippen LogP contribution in [0.5, 0.6) is 0 Å². The van der Waals surface area contributed by atoms with Crippen LogP contribution in [-0.2, 0) is 35.7 Å². The van der Waals surface area contributed by atoms with Crippen molar-refractivity contribution in [2.75, 3.05) is 11.5 Å². The van der Waals surface area contributed by atoms with Crippen molar-refractivity contribution in [3.8, 4) is 44.3 Å². The van der Waals surface area contributed by atoms with E-state index in [2.05, 4.69) is 33.3 Å². The number of anilines is 2. The summed E-state index contributed by atoms with van der Waals surface area (Å²) in [6, 6.07) is 14.2. The molecule has 10 rings (SSSR count). The van der Waals surface area contributed by atoms with Gasteiger partial charge in [-0.2, -0.15) is 5.10 Å². The number of rotatable bonds is 8. The lowest BCUT2D eigenvalue weighted by atomic mass is 10.00. The number of thiophene rings is 2. The molecule has 0 radical (unpaired) electrons. The van der Waals surface area contributed by atoms with E-state index in [1.165, 1.54) is 22.7 Å². The molecule has 0 amide bonds. The molecule has 2 atom stereocenters. The smallest absolute Gasteiger partial charge is 0.141 e. The number of imidazole rings is 1. The van der Waals surface area contributed by atoms with Crippen LogP contribution in [0.25, 0.3) is 64.8 Å². The molecule has 280 valence electrons. The normalized spacial score (nSPS) is 15.7. The Labute approximate surface area is 334 Å². The Balaban J connectivity index is 0.000000144. The fraction of sp³-hybridized carbons (Fsp3) is 0.256. The van der Waals surface area contributed by atoms with Crippen LogP contribution < -0.4 is 11.5 Å². The molecule has 7 heterocycles. The molecule has 8 aromatic rings. The van der Waals surface area contributed by atoms with E-state index in [9.17, 15) is 8.42 Å². The first kappa shape index (κ1) is 36.1. The molecular weight excluding hydrogens is 787 g/mol. The molecule has 1 aromatic carbocycles. The number of hydrogen-bond acceptors (Lipinski definition) is 12. The topological polar surface area (TPSA) is 160 Å². The summed E-state index contributed by atoms with van der Waals surface area (Å²) in [5.41, 5.74) is 20.9. The van der Waals surface area contributed by atoms with Crippen molar-refractivity contribution >= 4 is 87.4 Å². The summed E-state index contributed by atoms with van der Waals surface area (Å²) in [6.45, 7) is 0. The second-order valence-corrected chi connectivity index (χ2v) is 20.5. The van der Waals surface area contributed by atoms with Gasteiger partial charge in [-0.3, -0.25) is 13.1 Å². The molecule has 2 saturated carbocycles. The van der Waals surface area contributed by atoms with E-state index in [4.69, 9.17) is 21.4 Å². The van der Waals surface area contributed by atoms with Gasteiger partial charge in [-0.25, -0.2) is 19.9 Å². The Morgan fingerprint density at radius 3 is 1.93 bits per heavy atom. The van der Waals surface area contributed by atoms with Crippen LogP contribution in [0.15, 0.2) is 87.4 Å². The number of hydrogen-bond donors (Lipinski definition) is 2. The van der Waals surface area contributed by atoms with Crippen molar-refractivity contribution in [3.63, 3.8) is 0 Å². The number of aromatic nitrogens is 7. The molecule has 0 aliphatic heterocycles. The number of nitrogens with two attached hydrogens (primary N) is 2. The van der Waals surface area contributed by atoms with Gasteiger partial charge in [-0.15, -0.1) is 34.0 Å². The minimum Gasteiger partial charge on any atom is -0.396 e. The van der Waals surface area contributed by atoms with Crippen molar-refractivity contribution < 1.29 is 8.42 Å². The molecule has 7 aromatic heterocycles. The van der Waals surface area contributed by atoms with Gasteiger partial charge in [0.15, 0.2) is 0 Å². The van der Waals surface area contributed by atoms with Gasteiger partial charge in [-0.1, -0.05) is 43.2 Å². The number of pyridine rings is 2. The minimum atomic E-state index is -1.07. The number of benzene rings is 1. The second-order valence-electron chi connectivity index (χ2n) is 13.8. The molecule has 11 nitrogen and oxygen atoms in total. The van der Waals surface area contributed by atoms with Crippen LogP contribution in [0.2, 0.25) is 0 Å². The number of aryl methyl sites for hydroxylation is 2. The van der Waals surface area contributed by atoms with Gasteiger partial charge in [0, 0.05) is 64.3 Å². The van der Waals surface area contributed by atoms with E-state index in [-0.39, 0.29) is 10.5 Å². The maximum Gasteiger partial charge on any atom is 0.141 e. The fourth-order valence-corrected chi connectivity index (χ4v) is 13.8. The third-order valence-electron chi connectivity index (χ3n) is 10.2. The van der Waals surface area contributed by atoms with Crippen LogP contribution in [0.3, 0.4) is 0 Å². The molecule has 2 aliphatic rings. The van der Waals surface area contributed by atoms with Crippen LogP contribution in [-0.4, -0.2) is 53.2 Å². The van der Waals surface area contributed by atoms with Crippen molar-refractivity contribution in [1.82, 2.24) is 34.3 Å². The molecule has 55 heavy (non-hydrogen) atoms. The van der Waals surface area contributed by atoms with E-state index < -0.39 is 21.6 Å². The Kier molecular flexibility index (Phi) is 9.70. The average molecular weight is 824 g/mol. The van der Waals surface area contributed by atoms with Gasteiger partial charge in [0.25, 0.3) is 0 Å². The standard InChI is InChI=1S/C21H20N4OS2.C18H17N5OS3/c1-25-12-14(11-23-25)17-10-16(13-6-3-2-4-7-13)18-19(22)21(27-20(18)24-17)28(26)15-8-5-9-15;1-23-9-20-8-13(23)11-7-12(16-21-5-6-25-16)22-17-14(11)15(19)18(26-17)27(24)10-3-2-4-10/h2-4,6-7,10-12,15H,5,8-9,22H2,1H3;5-10H,2-4,19H2,1H3. The lowest BCUT2D eigenvalue weighted by Gasteiger charge is -2.23. The van der Waals surface area contributed by atoms with E-state index >= 15 is 0 Å². The minimum absolute atomic E-state index is 0.221. The average Bonchev–Trinajstić information content (AvgIpc) is 3.99. The van der Waals surface area contributed by atoms with Gasteiger partial charge in [0.1, 0.15) is 28.8 Å². The highest BCUT2D eigenvalue weighted by molar-refractivity contribution is 7.88. The van der Waals surface area contributed by atoms with Crippen molar-refractivity contribution in [1.29, 1.82) is 0 Å². The third kappa shape index (κ3) is 6.63. The van der Waals surface area contributed by atoms with Gasteiger partial charge >= 0.3 is 0 Å². The molecule has 16 heteroatoms. The van der Waals surface area contributed by atoms with Crippen LogP contribution >= 0.6 is 34.0 Å². The number of thiazole rings is 1. The first-order chi connectivity index (χ1) is 26.7. The Hall–Kier alpha value is -4.61. The van der Waals surface area contributed by atoms with Gasteiger partial charge in [-0.05, 0) is 48.9 Å². The predicted octanol–water partition coefficient (Wildman–Crippen LogP) is 8.67. The molecule has 0 bridgehead atoms. The second kappa shape index (κ2) is 14.8. The van der Waals surface area contributed by atoms with Crippen molar-refractivity contribution in [3.05, 3.63) is 79.0 Å². The molecular formula is C39H37N9O2S5. The summed E-state index contributed by atoms with van der Waals surface area (Å²) in [5.74, 6) is 0. The highest BCUT2D eigenvalue weighted by Gasteiger charge is 2.31. The number of nitrogens with zero attached hydrogens (tertiary/aromatic N) is 7. The zero-order valence-corrected chi connectivity index (χ0v) is 34.1. The predicted molar refractivity (Wildman–Crippen MR) is 227 cm³/mol. The highest BCUT2D eigenvalue weighted by Crippen LogP contribution is 2.46. The van der Waals surface area contributed by atoms with E-state index in [0.717, 1.165) is 112 Å². The van der Waals surface area contributed by atoms with E-state index in [0.29, 0.717) is 11.4 Å². The number of nitrogen functional groups attached to an aromatic ring is 2. The lowest BCUT2D eigenvalue weighted by Crippen LogP contribution is -2.23. The highest BCUT2D eigenvalue weighted by atomic mass is 32.2. The summed E-state index contributed by atoms with van der Waals surface area (Å²) < 4.78 is 31.3. The van der Waals surface area contributed by atoms with Crippen molar-refractivity contribution in [2.45, 2.75) is 57.4 Å². The van der Waals surface area contributed by atoms with Gasteiger partial charge in [0.05, 0.1) is 63.1 Å². The van der Waals surface area contributed by atoms with Crippen LogP contribution in [0, 0.1) is 0 Å².